The largest absolute Gasteiger partial charge is 0.391 e. The molecule has 3 fully saturated rings. The van der Waals surface area contributed by atoms with E-state index in [9.17, 15) is 15.0 Å². The number of anilines is 4. The molecule has 59 heavy (non-hydrogen) atoms. The zero-order valence-corrected chi connectivity index (χ0v) is 34.6. The molecule has 5 aromatic heterocycles. The molecule has 3 aliphatic heterocycles. The summed E-state index contributed by atoms with van der Waals surface area (Å²) in [6.07, 6.45) is 10.5. The highest BCUT2D eigenvalue weighted by atomic mass is 16.3. The Morgan fingerprint density at radius 2 is 1.53 bits per heavy atom. The molecule has 17 nitrogen and oxygen atoms in total. The molecule has 3 saturated heterocycles. The standard InChI is InChI=1S/C42H60N14O3/c1-25(2)30-21-50-55-37(16-36(53-39(30)55)49-24-42(59)8-13-44-14-9-42)48-18-28-7-12-45-20-32(28)33-15-29(34(57)23-46-33)19-47-35-17-38(54-41(58)27-5-10-43-11-6-27)56-40(52-35)31(22-51-56)26(3)4/h7,12,16-17,20-22,25-27,29,33-34,43-44,46,48,57,59H,5-6,8-11,13-15,18-19,23-24H2,1-4H3,(H,47,52)(H,49,53)(H,54,58)/t29-,33?,34+/m1/s1. The highest BCUT2D eigenvalue weighted by Crippen LogP contribution is 2.32. The monoisotopic (exact) mass is 808 g/mol. The van der Waals surface area contributed by atoms with Crippen LogP contribution in [0.25, 0.3) is 11.3 Å². The minimum absolute atomic E-state index is 0.00690. The maximum Gasteiger partial charge on any atom is 0.228 e. The number of aromatic nitrogens is 7. The summed E-state index contributed by atoms with van der Waals surface area (Å²) in [5, 5.41) is 55.7. The lowest BCUT2D eigenvalue weighted by Crippen LogP contribution is -2.46. The van der Waals surface area contributed by atoms with Gasteiger partial charge < -0.3 is 47.4 Å². The lowest BCUT2D eigenvalue weighted by Gasteiger charge is -2.35. The van der Waals surface area contributed by atoms with E-state index in [2.05, 4.69) is 75.0 Å². The molecule has 0 saturated carbocycles. The average molecular weight is 809 g/mol. The van der Waals surface area contributed by atoms with Gasteiger partial charge in [0.05, 0.1) is 24.1 Å². The summed E-state index contributed by atoms with van der Waals surface area (Å²) in [7, 11) is 0. The molecule has 8 heterocycles. The number of hydrogen-bond acceptors (Lipinski definition) is 14. The van der Waals surface area contributed by atoms with E-state index in [1.807, 2.05) is 47.5 Å². The fraction of sp³-hybridized carbons (Fsp3) is 0.571. The Labute approximate surface area is 345 Å². The van der Waals surface area contributed by atoms with Crippen LogP contribution < -0.4 is 37.2 Å². The van der Waals surface area contributed by atoms with Gasteiger partial charge >= 0.3 is 0 Å². The van der Waals surface area contributed by atoms with Crippen molar-refractivity contribution in [3.8, 4) is 0 Å². The second-order valence-electron chi connectivity index (χ2n) is 17.2. The lowest BCUT2D eigenvalue weighted by atomic mass is 9.86. The predicted molar refractivity (Wildman–Crippen MR) is 229 cm³/mol. The highest BCUT2D eigenvalue weighted by Gasteiger charge is 2.32. The van der Waals surface area contributed by atoms with Crippen molar-refractivity contribution in [1.82, 2.24) is 50.1 Å². The summed E-state index contributed by atoms with van der Waals surface area (Å²) in [4.78, 5) is 27.7. The Balaban J connectivity index is 0.978. The van der Waals surface area contributed by atoms with Crippen LogP contribution in [0.4, 0.5) is 23.3 Å². The van der Waals surface area contributed by atoms with Crippen molar-refractivity contribution in [2.75, 3.05) is 67.1 Å². The first-order valence-corrected chi connectivity index (χ1v) is 21.3. The number of β-amino-alcohol motifs (C(OH)–C–C–N with tert-alkyl or cyclic N) is 1. The van der Waals surface area contributed by atoms with Crippen LogP contribution in [0.3, 0.4) is 0 Å². The van der Waals surface area contributed by atoms with Crippen molar-refractivity contribution in [3.63, 3.8) is 0 Å². The number of amides is 1. The smallest absolute Gasteiger partial charge is 0.228 e. The van der Waals surface area contributed by atoms with Gasteiger partial charge in [0.25, 0.3) is 0 Å². The molecule has 8 rings (SSSR count). The molecule has 0 aliphatic carbocycles. The van der Waals surface area contributed by atoms with Crippen molar-refractivity contribution in [1.29, 1.82) is 0 Å². The molecule has 17 heteroatoms. The van der Waals surface area contributed by atoms with Crippen LogP contribution in [-0.4, -0.2) is 108 Å². The van der Waals surface area contributed by atoms with Gasteiger partial charge in [-0.2, -0.15) is 19.2 Å². The SMILES string of the molecule is CC(C)c1cnn2c(NCc3ccncc3C3C[C@H](CNc4cc(NC(=O)C5CCNCC5)n5ncc(C(C)C)c5n4)[C@@H](O)CN3)cc(NCC3(O)CCNCC3)nc12. The number of aliphatic hydroxyl groups excluding tert-OH is 1. The second-order valence-corrected chi connectivity index (χ2v) is 17.2. The van der Waals surface area contributed by atoms with Gasteiger partial charge in [-0.15, -0.1) is 0 Å². The lowest BCUT2D eigenvalue weighted by molar-refractivity contribution is -0.120. The molecule has 3 aliphatic rings. The van der Waals surface area contributed by atoms with E-state index in [0.717, 1.165) is 72.7 Å². The summed E-state index contributed by atoms with van der Waals surface area (Å²) in [5.41, 5.74) is 4.85. The minimum Gasteiger partial charge on any atom is -0.391 e. The van der Waals surface area contributed by atoms with Gasteiger partial charge in [-0.05, 0) is 87.3 Å². The summed E-state index contributed by atoms with van der Waals surface area (Å²) >= 11 is 0. The first-order chi connectivity index (χ1) is 28.5. The Morgan fingerprint density at radius 1 is 0.881 bits per heavy atom. The van der Waals surface area contributed by atoms with Crippen LogP contribution in [0.5, 0.6) is 0 Å². The third kappa shape index (κ3) is 9.13. The van der Waals surface area contributed by atoms with E-state index >= 15 is 0 Å². The average Bonchev–Trinajstić information content (AvgIpc) is 3.88. The first kappa shape index (κ1) is 40.8. The molecular weight excluding hydrogens is 749 g/mol. The summed E-state index contributed by atoms with van der Waals surface area (Å²) in [6.45, 7) is 13.5. The normalized spacial score (nSPS) is 21.3. The highest BCUT2D eigenvalue weighted by molar-refractivity contribution is 5.92. The van der Waals surface area contributed by atoms with Gasteiger partial charge in [0.15, 0.2) is 11.3 Å². The number of hydrogen-bond donors (Lipinski definition) is 9. The van der Waals surface area contributed by atoms with E-state index in [1.54, 1.807) is 4.52 Å². The number of nitrogens with zero attached hydrogens (tertiary/aromatic N) is 7. The van der Waals surface area contributed by atoms with Gasteiger partial charge in [0, 0.05) is 79.7 Å². The van der Waals surface area contributed by atoms with Crippen molar-refractivity contribution in [2.45, 2.75) is 95.9 Å². The summed E-state index contributed by atoms with van der Waals surface area (Å²) in [6, 6.07) is 5.78. The summed E-state index contributed by atoms with van der Waals surface area (Å²) < 4.78 is 3.57. The van der Waals surface area contributed by atoms with E-state index in [1.165, 1.54) is 0 Å². The van der Waals surface area contributed by atoms with Gasteiger partial charge in [0.1, 0.15) is 23.3 Å². The third-order valence-electron chi connectivity index (χ3n) is 12.3. The second kappa shape index (κ2) is 17.7. The number of carbonyl (C=O) groups excluding carboxylic acids is 1. The molecule has 9 N–H and O–H groups in total. The number of piperidine rings is 3. The number of nitrogens with one attached hydrogen (secondary N) is 7. The molecular formula is C42H60N14O3. The fourth-order valence-electron chi connectivity index (χ4n) is 8.57. The first-order valence-electron chi connectivity index (χ1n) is 21.3. The number of fused-ring (bicyclic) bond motifs is 2. The van der Waals surface area contributed by atoms with Crippen LogP contribution in [-0.2, 0) is 11.3 Å². The van der Waals surface area contributed by atoms with Crippen LogP contribution in [0.2, 0.25) is 0 Å². The molecule has 0 spiro atoms. The van der Waals surface area contributed by atoms with E-state index in [0.29, 0.717) is 68.5 Å². The zero-order valence-electron chi connectivity index (χ0n) is 34.6. The number of rotatable bonds is 14. The van der Waals surface area contributed by atoms with Gasteiger partial charge in [-0.1, -0.05) is 27.7 Å². The Kier molecular flexibility index (Phi) is 12.3. The van der Waals surface area contributed by atoms with Gasteiger partial charge in [-0.3, -0.25) is 9.78 Å². The van der Waals surface area contributed by atoms with E-state index in [-0.39, 0.29) is 35.6 Å². The van der Waals surface area contributed by atoms with Crippen molar-refractivity contribution >= 4 is 40.5 Å². The molecule has 0 aromatic carbocycles. The van der Waals surface area contributed by atoms with Gasteiger partial charge in [0.2, 0.25) is 5.91 Å². The van der Waals surface area contributed by atoms with Gasteiger partial charge in [-0.25, -0.2) is 9.97 Å². The van der Waals surface area contributed by atoms with Crippen molar-refractivity contribution < 1.29 is 15.0 Å². The maximum absolute atomic E-state index is 13.3. The molecule has 5 aromatic rings. The zero-order chi connectivity index (χ0) is 41.1. The fourth-order valence-corrected chi connectivity index (χ4v) is 8.57. The third-order valence-corrected chi connectivity index (χ3v) is 12.3. The van der Waals surface area contributed by atoms with E-state index < -0.39 is 11.7 Å². The molecule has 3 atom stereocenters. The maximum atomic E-state index is 13.3. The quantitative estimate of drug-likeness (QED) is 0.0785. The minimum atomic E-state index is -0.789. The van der Waals surface area contributed by atoms with E-state index in [4.69, 9.17) is 15.1 Å². The molecule has 1 unspecified atom stereocenters. The summed E-state index contributed by atoms with van der Waals surface area (Å²) in [5.74, 6) is 2.93. The topological polar surface area (TPSA) is 215 Å². The molecule has 0 bridgehead atoms. The van der Waals surface area contributed by atoms with Crippen molar-refractivity contribution in [3.05, 3.63) is 65.2 Å². The number of carbonyl (C=O) groups is 1. The predicted octanol–water partition coefficient (Wildman–Crippen LogP) is 3.61. The van der Waals surface area contributed by atoms with Crippen LogP contribution in [0, 0.1) is 11.8 Å². The van der Waals surface area contributed by atoms with Crippen LogP contribution in [0.15, 0.2) is 43.0 Å². The Hall–Kier alpha value is -4.94. The van der Waals surface area contributed by atoms with Crippen LogP contribution >= 0.6 is 0 Å². The van der Waals surface area contributed by atoms with Crippen LogP contribution in [0.1, 0.15) is 99.9 Å². The van der Waals surface area contributed by atoms with Crippen molar-refractivity contribution in [2.24, 2.45) is 11.8 Å². The Bertz CT molecular complexity index is 2220. The molecule has 0 radical (unpaired) electrons. The Morgan fingerprint density at radius 3 is 2.22 bits per heavy atom. The number of aliphatic hydroxyl groups is 2. The molecule has 316 valence electrons. The molecule has 1 amide bonds. The number of pyridine rings is 1.